The molecule has 1 aliphatic rings. The Hall–Kier alpha value is -1.32. The van der Waals surface area contributed by atoms with Crippen molar-refractivity contribution in [3.8, 4) is 6.07 Å². The molecule has 0 saturated carbocycles. The Labute approximate surface area is 121 Å². The van der Waals surface area contributed by atoms with Gasteiger partial charge < -0.3 is 9.80 Å². The highest BCUT2D eigenvalue weighted by molar-refractivity contribution is 7.10. The second-order valence-electron chi connectivity index (χ2n) is 4.49. The van der Waals surface area contributed by atoms with Crippen LogP contribution in [0.5, 0.6) is 0 Å². The molecule has 0 aromatic carbocycles. The molecule has 102 valence electrons. The standard InChI is InChI=1S/C12H15ClN4OS/c1-8(13)11(18)16-3-5-17(6-4-16)12-10(7-14)9(2)15-19-12/h8H,3-6H2,1-2H3. The number of carbonyl (C=O) groups is 1. The predicted octanol–water partition coefficient (Wildman–Crippen LogP) is 1.60. The van der Waals surface area contributed by atoms with E-state index in [1.165, 1.54) is 11.5 Å². The lowest BCUT2D eigenvalue weighted by molar-refractivity contribution is -0.130. The van der Waals surface area contributed by atoms with Gasteiger partial charge in [-0.1, -0.05) is 0 Å². The van der Waals surface area contributed by atoms with E-state index in [0.717, 1.165) is 10.7 Å². The summed E-state index contributed by atoms with van der Waals surface area (Å²) >= 11 is 7.16. The molecule has 1 aromatic rings. The van der Waals surface area contributed by atoms with E-state index >= 15 is 0 Å². The highest BCUT2D eigenvalue weighted by Gasteiger charge is 2.26. The number of hydrogen-bond donors (Lipinski definition) is 0. The Morgan fingerprint density at radius 2 is 2.11 bits per heavy atom. The largest absolute Gasteiger partial charge is 0.358 e. The molecule has 1 amide bonds. The lowest BCUT2D eigenvalue weighted by Gasteiger charge is -2.35. The van der Waals surface area contributed by atoms with Gasteiger partial charge in [0.2, 0.25) is 5.91 Å². The topological polar surface area (TPSA) is 60.2 Å². The first-order valence-electron chi connectivity index (χ1n) is 6.08. The third-order valence-electron chi connectivity index (χ3n) is 3.18. The molecule has 1 aromatic heterocycles. The van der Waals surface area contributed by atoms with Crippen LogP contribution >= 0.6 is 23.1 Å². The first-order valence-corrected chi connectivity index (χ1v) is 7.29. The van der Waals surface area contributed by atoms with Crippen LogP contribution in [0, 0.1) is 18.3 Å². The van der Waals surface area contributed by atoms with Crippen LogP contribution in [-0.2, 0) is 4.79 Å². The Morgan fingerprint density at radius 1 is 1.47 bits per heavy atom. The van der Waals surface area contributed by atoms with Crippen LogP contribution in [0.4, 0.5) is 5.00 Å². The molecule has 1 saturated heterocycles. The molecule has 19 heavy (non-hydrogen) atoms. The number of nitriles is 1. The van der Waals surface area contributed by atoms with Crippen molar-refractivity contribution < 1.29 is 4.79 Å². The molecule has 0 aliphatic carbocycles. The molecule has 1 aliphatic heterocycles. The molecule has 0 radical (unpaired) electrons. The van der Waals surface area contributed by atoms with Gasteiger partial charge in [0.1, 0.15) is 22.0 Å². The van der Waals surface area contributed by atoms with E-state index in [0.29, 0.717) is 31.7 Å². The smallest absolute Gasteiger partial charge is 0.240 e. The molecule has 1 atom stereocenters. The summed E-state index contributed by atoms with van der Waals surface area (Å²) in [4.78, 5) is 15.7. The summed E-state index contributed by atoms with van der Waals surface area (Å²) in [6, 6.07) is 2.20. The molecular weight excluding hydrogens is 284 g/mol. The fraction of sp³-hybridized carbons (Fsp3) is 0.583. The summed E-state index contributed by atoms with van der Waals surface area (Å²) in [6.07, 6.45) is 0. The van der Waals surface area contributed by atoms with Gasteiger partial charge in [-0.05, 0) is 25.4 Å². The van der Waals surface area contributed by atoms with E-state index in [1.807, 2.05) is 6.92 Å². The van der Waals surface area contributed by atoms with Crippen LogP contribution in [0.2, 0.25) is 0 Å². The van der Waals surface area contributed by atoms with Gasteiger partial charge in [-0.3, -0.25) is 4.79 Å². The minimum absolute atomic E-state index is 0.0256. The highest BCUT2D eigenvalue weighted by atomic mass is 35.5. The number of carbonyl (C=O) groups excluding carboxylic acids is 1. The zero-order valence-corrected chi connectivity index (χ0v) is 12.5. The number of aryl methyl sites for hydroxylation is 1. The van der Waals surface area contributed by atoms with Crippen molar-refractivity contribution in [2.45, 2.75) is 19.2 Å². The van der Waals surface area contributed by atoms with Gasteiger partial charge in [0, 0.05) is 26.2 Å². The zero-order valence-electron chi connectivity index (χ0n) is 10.9. The number of rotatable bonds is 2. The lowest BCUT2D eigenvalue weighted by Crippen LogP contribution is -2.50. The van der Waals surface area contributed by atoms with E-state index < -0.39 is 5.38 Å². The maximum Gasteiger partial charge on any atom is 0.240 e. The van der Waals surface area contributed by atoms with Crippen LogP contribution in [-0.4, -0.2) is 46.7 Å². The molecule has 0 bridgehead atoms. The summed E-state index contributed by atoms with van der Waals surface area (Å²) in [5.74, 6) is -0.0256. The summed E-state index contributed by atoms with van der Waals surface area (Å²) in [5, 5.41) is 9.57. The van der Waals surface area contributed by atoms with Gasteiger partial charge >= 0.3 is 0 Å². The number of piperazine rings is 1. The van der Waals surface area contributed by atoms with E-state index in [9.17, 15) is 4.79 Å². The molecule has 5 nitrogen and oxygen atoms in total. The minimum Gasteiger partial charge on any atom is -0.358 e. The number of nitrogens with zero attached hydrogens (tertiary/aromatic N) is 4. The van der Waals surface area contributed by atoms with Crippen molar-refractivity contribution in [2.75, 3.05) is 31.1 Å². The van der Waals surface area contributed by atoms with Crippen LogP contribution in [0.1, 0.15) is 18.2 Å². The maximum atomic E-state index is 11.8. The minimum atomic E-state index is -0.480. The normalized spacial score (nSPS) is 17.2. The average molecular weight is 299 g/mol. The van der Waals surface area contributed by atoms with Crippen molar-refractivity contribution in [1.29, 1.82) is 5.26 Å². The van der Waals surface area contributed by atoms with Crippen molar-refractivity contribution in [1.82, 2.24) is 9.27 Å². The quantitative estimate of drug-likeness (QED) is 0.778. The van der Waals surface area contributed by atoms with Gasteiger partial charge in [-0.2, -0.15) is 9.64 Å². The maximum absolute atomic E-state index is 11.8. The van der Waals surface area contributed by atoms with Crippen molar-refractivity contribution >= 4 is 34.0 Å². The first-order chi connectivity index (χ1) is 9.04. The summed E-state index contributed by atoms with van der Waals surface area (Å²) < 4.78 is 4.22. The average Bonchev–Trinajstić information content (AvgIpc) is 2.79. The summed E-state index contributed by atoms with van der Waals surface area (Å²) in [5.41, 5.74) is 1.42. The van der Waals surface area contributed by atoms with Gasteiger partial charge in [0.25, 0.3) is 0 Å². The predicted molar refractivity (Wildman–Crippen MR) is 75.7 cm³/mol. The summed E-state index contributed by atoms with van der Waals surface area (Å²) in [7, 11) is 0. The fourth-order valence-electron chi connectivity index (χ4n) is 2.08. The van der Waals surface area contributed by atoms with Crippen molar-refractivity contribution in [3.05, 3.63) is 11.3 Å². The monoisotopic (exact) mass is 298 g/mol. The lowest BCUT2D eigenvalue weighted by atomic mass is 10.2. The third-order valence-corrected chi connectivity index (χ3v) is 4.36. The van der Waals surface area contributed by atoms with E-state index in [-0.39, 0.29) is 5.91 Å². The second-order valence-corrected chi connectivity index (χ2v) is 5.89. The van der Waals surface area contributed by atoms with Crippen LogP contribution in [0.3, 0.4) is 0 Å². The fourth-order valence-corrected chi connectivity index (χ4v) is 3.12. The molecule has 0 N–H and O–H groups in total. The number of amides is 1. The molecule has 1 fully saturated rings. The second kappa shape index (κ2) is 5.76. The van der Waals surface area contributed by atoms with Gasteiger partial charge in [-0.15, -0.1) is 11.6 Å². The van der Waals surface area contributed by atoms with Crippen molar-refractivity contribution in [3.63, 3.8) is 0 Å². The highest BCUT2D eigenvalue weighted by Crippen LogP contribution is 2.28. The Kier molecular flexibility index (Phi) is 4.27. The van der Waals surface area contributed by atoms with Crippen LogP contribution in [0.25, 0.3) is 0 Å². The van der Waals surface area contributed by atoms with E-state index in [4.69, 9.17) is 16.9 Å². The Morgan fingerprint density at radius 3 is 2.63 bits per heavy atom. The van der Waals surface area contributed by atoms with Gasteiger partial charge in [0.15, 0.2) is 0 Å². The van der Waals surface area contributed by atoms with E-state index in [1.54, 1.807) is 11.8 Å². The molecule has 2 rings (SSSR count). The van der Waals surface area contributed by atoms with Gasteiger partial charge in [0.05, 0.1) is 5.69 Å². The van der Waals surface area contributed by atoms with E-state index in [2.05, 4.69) is 15.3 Å². The first kappa shape index (κ1) is 14.1. The SMILES string of the molecule is Cc1nsc(N2CCN(C(=O)C(C)Cl)CC2)c1C#N. The number of alkyl halides is 1. The number of halogens is 1. The third kappa shape index (κ3) is 2.82. The molecule has 2 heterocycles. The number of anilines is 1. The molecule has 0 spiro atoms. The van der Waals surface area contributed by atoms with Crippen LogP contribution < -0.4 is 4.90 Å². The Balaban J connectivity index is 2.04. The summed E-state index contributed by atoms with van der Waals surface area (Å²) in [6.45, 7) is 6.23. The molecule has 1 unspecified atom stereocenters. The van der Waals surface area contributed by atoms with Crippen molar-refractivity contribution in [2.24, 2.45) is 0 Å². The molecular formula is C12H15ClN4OS. The number of hydrogen-bond acceptors (Lipinski definition) is 5. The van der Waals surface area contributed by atoms with Crippen LogP contribution in [0.15, 0.2) is 0 Å². The molecule has 7 heteroatoms. The zero-order chi connectivity index (χ0) is 14.0. The Bertz CT molecular complexity index is 514. The number of aromatic nitrogens is 1. The van der Waals surface area contributed by atoms with Gasteiger partial charge in [-0.25, -0.2) is 0 Å².